The highest BCUT2D eigenvalue weighted by Crippen LogP contribution is 2.19. The lowest BCUT2D eigenvalue weighted by atomic mass is 10.2. The van der Waals surface area contributed by atoms with Crippen molar-refractivity contribution in [3.05, 3.63) is 59.7 Å². The van der Waals surface area contributed by atoms with Gasteiger partial charge in [-0.3, -0.25) is 9.78 Å². The summed E-state index contributed by atoms with van der Waals surface area (Å²) in [6.45, 7) is -0.757. The molecule has 0 atom stereocenters. The Hall–Kier alpha value is -2.46. The number of nitrogens with one attached hydrogen (secondary N) is 1. The first-order chi connectivity index (χ1) is 11.7. The number of carbonyl (C=O) groups is 1. The van der Waals surface area contributed by atoms with Crippen molar-refractivity contribution in [2.24, 2.45) is 0 Å². The third-order valence-electron chi connectivity index (χ3n) is 3.18. The van der Waals surface area contributed by atoms with Crippen LogP contribution in [0.5, 0.6) is 0 Å². The molecule has 1 N–H and O–H groups in total. The molecule has 0 bridgehead atoms. The molecule has 0 aliphatic heterocycles. The molecule has 0 saturated heterocycles. The summed E-state index contributed by atoms with van der Waals surface area (Å²) in [5, 5.41) is 2.02. The van der Waals surface area contributed by atoms with Gasteiger partial charge in [-0.2, -0.15) is 4.31 Å². The van der Waals surface area contributed by atoms with Gasteiger partial charge in [0, 0.05) is 18.9 Å². The van der Waals surface area contributed by atoms with Gasteiger partial charge in [-0.05, 0) is 23.8 Å². The van der Waals surface area contributed by atoms with Crippen LogP contribution >= 0.6 is 0 Å². The van der Waals surface area contributed by atoms with Crippen molar-refractivity contribution < 1.29 is 26.4 Å². The van der Waals surface area contributed by atoms with Crippen molar-refractivity contribution in [1.29, 1.82) is 0 Å². The molecule has 0 aliphatic carbocycles. The molecule has 0 aliphatic rings. The first-order valence-electron chi connectivity index (χ1n) is 6.96. The maximum absolute atomic E-state index is 13.6. The van der Waals surface area contributed by atoms with Crippen LogP contribution in [0.1, 0.15) is 5.56 Å². The van der Waals surface area contributed by atoms with Crippen LogP contribution < -0.4 is 5.32 Å². The van der Waals surface area contributed by atoms with E-state index in [9.17, 15) is 26.4 Å². The Morgan fingerprint density at radius 2 is 1.92 bits per heavy atom. The fourth-order valence-corrected chi connectivity index (χ4v) is 2.69. The minimum absolute atomic E-state index is 0.125. The van der Waals surface area contributed by atoms with Crippen molar-refractivity contribution >= 4 is 21.6 Å². The van der Waals surface area contributed by atoms with Crippen molar-refractivity contribution in [3.8, 4) is 0 Å². The Bertz CT molecular complexity index is 876. The third kappa shape index (κ3) is 5.00. The number of nitrogens with zero attached hydrogens (tertiary/aromatic N) is 2. The number of benzene rings is 1. The molecule has 1 heterocycles. The summed E-state index contributed by atoms with van der Waals surface area (Å²) in [5.41, 5.74) is -0.0431. The zero-order valence-electron chi connectivity index (χ0n) is 13.0. The Morgan fingerprint density at radius 3 is 2.52 bits per heavy atom. The molecule has 0 spiro atoms. The summed E-state index contributed by atoms with van der Waals surface area (Å²) < 4.78 is 64.1. The number of carbonyl (C=O) groups excluding carboxylic acids is 1. The third-order valence-corrected chi connectivity index (χ3v) is 4.38. The van der Waals surface area contributed by atoms with Gasteiger partial charge in [0.25, 0.3) is 0 Å². The van der Waals surface area contributed by atoms with Crippen LogP contribution in [0.25, 0.3) is 0 Å². The fourth-order valence-electron chi connectivity index (χ4n) is 1.96. The standard InChI is InChI=1S/C15H14F3N3O3S/c1-25(23,24)21(8-10-3-2-6-19-7-10)9-13(22)20-12-5-4-11(16)14(17)15(12)18/h2-7H,8-9H2,1H3,(H,20,22). The molecule has 10 heteroatoms. The molecule has 0 saturated carbocycles. The van der Waals surface area contributed by atoms with Crippen LogP contribution in [0.2, 0.25) is 0 Å². The monoisotopic (exact) mass is 373 g/mol. The molecule has 2 rings (SSSR count). The van der Waals surface area contributed by atoms with E-state index in [4.69, 9.17) is 0 Å². The smallest absolute Gasteiger partial charge is 0.239 e. The highest BCUT2D eigenvalue weighted by atomic mass is 32.2. The van der Waals surface area contributed by atoms with E-state index in [1.165, 1.54) is 12.4 Å². The number of aromatic nitrogens is 1. The van der Waals surface area contributed by atoms with E-state index in [0.29, 0.717) is 11.6 Å². The predicted octanol–water partition coefficient (Wildman–Crippen LogP) is 1.90. The zero-order chi connectivity index (χ0) is 18.6. The van der Waals surface area contributed by atoms with Gasteiger partial charge in [-0.1, -0.05) is 6.07 Å². The molecule has 1 amide bonds. The summed E-state index contributed by atoms with van der Waals surface area (Å²) >= 11 is 0. The minimum atomic E-state index is -3.76. The van der Waals surface area contributed by atoms with Gasteiger partial charge in [0.2, 0.25) is 15.9 Å². The number of halogens is 3. The van der Waals surface area contributed by atoms with Crippen molar-refractivity contribution in [1.82, 2.24) is 9.29 Å². The summed E-state index contributed by atoms with van der Waals surface area (Å²) in [5.74, 6) is -5.59. The summed E-state index contributed by atoms with van der Waals surface area (Å²) in [7, 11) is -3.76. The lowest BCUT2D eigenvalue weighted by molar-refractivity contribution is -0.116. The number of hydrogen-bond donors (Lipinski definition) is 1. The Kier molecular flexibility index (Phi) is 5.75. The topological polar surface area (TPSA) is 79.4 Å². The molecular formula is C15H14F3N3O3S. The Morgan fingerprint density at radius 1 is 1.20 bits per heavy atom. The molecule has 1 aromatic heterocycles. The molecule has 0 unspecified atom stereocenters. The van der Waals surface area contributed by atoms with Gasteiger partial charge in [-0.15, -0.1) is 0 Å². The zero-order valence-corrected chi connectivity index (χ0v) is 13.9. The number of anilines is 1. The summed E-state index contributed by atoms with van der Waals surface area (Å²) in [6.07, 6.45) is 3.85. The first-order valence-corrected chi connectivity index (χ1v) is 8.80. The van der Waals surface area contributed by atoms with Gasteiger partial charge < -0.3 is 5.32 Å². The largest absolute Gasteiger partial charge is 0.322 e. The Labute approximate surface area is 142 Å². The number of hydrogen-bond acceptors (Lipinski definition) is 4. The maximum Gasteiger partial charge on any atom is 0.239 e. The second kappa shape index (κ2) is 7.62. The van der Waals surface area contributed by atoms with E-state index in [1.54, 1.807) is 12.1 Å². The van der Waals surface area contributed by atoms with Crippen LogP contribution in [-0.2, 0) is 21.4 Å². The average Bonchev–Trinajstić information content (AvgIpc) is 2.55. The molecular weight excluding hydrogens is 359 g/mol. The van der Waals surface area contributed by atoms with Crippen LogP contribution in [0.3, 0.4) is 0 Å². The van der Waals surface area contributed by atoms with E-state index in [0.717, 1.165) is 16.6 Å². The van der Waals surface area contributed by atoms with Crippen LogP contribution in [-0.4, -0.2) is 36.4 Å². The second-order valence-corrected chi connectivity index (χ2v) is 7.15. The predicted molar refractivity (Wildman–Crippen MR) is 84.4 cm³/mol. The number of rotatable bonds is 6. The minimum Gasteiger partial charge on any atom is -0.322 e. The molecule has 25 heavy (non-hydrogen) atoms. The summed E-state index contributed by atoms with van der Waals surface area (Å²) in [6, 6.07) is 4.72. The fraction of sp³-hybridized carbons (Fsp3) is 0.200. The van der Waals surface area contributed by atoms with E-state index in [1.807, 2.05) is 5.32 Å². The summed E-state index contributed by atoms with van der Waals surface area (Å²) in [4.78, 5) is 15.8. The van der Waals surface area contributed by atoms with Crippen molar-refractivity contribution in [2.75, 3.05) is 18.1 Å². The molecule has 1 aromatic carbocycles. The lowest BCUT2D eigenvalue weighted by Crippen LogP contribution is -2.37. The quantitative estimate of drug-likeness (QED) is 0.785. The van der Waals surface area contributed by atoms with E-state index in [2.05, 4.69) is 4.98 Å². The normalized spacial score (nSPS) is 11.6. The highest BCUT2D eigenvalue weighted by molar-refractivity contribution is 7.88. The van der Waals surface area contributed by atoms with E-state index in [-0.39, 0.29) is 6.54 Å². The van der Waals surface area contributed by atoms with E-state index < -0.39 is 45.6 Å². The first kappa shape index (κ1) is 18.9. The highest BCUT2D eigenvalue weighted by Gasteiger charge is 2.22. The van der Waals surface area contributed by atoms with Crippen molar-refractivity contribution in [2.45, 2.75) is 6.54 Å². The number of amides is 1. The molecule has 6 nitrogen and oxygen atoms in total. The lowest BCUT2D eigenvalue weighted by Gasteiger charge is -2.19. The van der Waals surface area contributed by atoms with Crippen LogP contribution in [0.15, 0.2) is 36.7 Å². The maximum atomic E-state index is 13.6. The van der Waals surface area contributed by atoms with Gasteiger partial charge in [-0.25, -0.2) is 21.6 Å². The average molecular weight is 373 g/mol. The van der Waals surface area contributed by atoms with Gasteiger partial charge in [0.15, 0.2) is 17.5 Å². The second-order valence-electron chi connectivity index (χ2n) is 5.16. The molecule has 0 radical (unpaired) electrons. The Balaban J connectivity index is 2.14. The van der Waals surface area contributed by atoms with E-state index >= 15 is 0 Å². The van der Waals surface area contributed by atoms with Gasteiger partial charge >= 0.3 is 0 Å². The van der Waals surface area contributed by atoms with Gasteiger partial charge in [0.1, 0.15) is 0 Å². The van der Waals surface area contributed by atoms with Gasteiger partial charge in [0.05, 0.1) is 18.5 Å². The number of pyridine rings is 1. The number of sulfonamides is 1. The SMILES string of the molecule is CS(=O)(=O)N(CC(=O)Nc1ccc(F)c(F)c1F)Cc1cccnc1. The van der Waals surface area contributed by atoms with Crippen LogP contribution in [0.4, 0.5) is 18.9 Å². The molecule has 2 aromatic rings. The molecule has 0 fully saturated rings. The molecule has 134 valence electrons. The van der Waals surface area contributed by atoms with Crippen molar-refractivity contribution in [3.63, 3.8) is 0 Å². The van der Waals surface area contributed by atoms with Crippen LogP contribution in [0, 0.1) is 17.5 Å².